The van der Waals surface area contributed by atoms with E-state index in [0.29, 0.717) is 0 Å². The Balaban J connectivity index is 2.19. The molecule has 72 valence electrons. The summed E-state index contributed by atoms with van der Waals surface area (Å²) in [4.78, 5) is 8.21. The first-order valence-corrected chi connectivity index (χ1v) is 4.76. The van der Waals surface area contributed by atoms with E-state index < -0.39 is 0 Å². The normalized spacial score (nSPS) is 10.7. The number of rotatable bonds is 1. The van der Waals surface area contributed by atoms with Crippen LogP contribution in [-0.4, -0.2) is 14.4 Å². The van der Waals surface area contributed by atoms with Gasteiger partial charge in [0.1, 0.15) is 5.65 Å². The maximum Gasteiger partial charge on any atom is 0.136 e. The van der Waals surface area contributed by atoms with E-state index in [1.807, 2.05) is 28.8 Å². The smallest absolute Gasteiger partial charge is 0.136 e. The Bertz CT molecular complexity index is 584. The minimum absolute atomic E-state index is 0.966. The van der Waals surface area contributed by atoms with E-state index in [9.17, 15) is 0 Å². The number of aromatic nitrogens is 3. The van der Waals surface area contributed by atoms with Crippen molar-refractivity contribution in [3.8, 4) is 11.1 Å². The number of hydrogen-bond donors (Lipinski definition) is 0. The summed E-state index contributed by atoms with van der Waals surface area (Å²) < 4.78 is 2.01. The second-order valence-corrected chi connectivity index (χ2v) is 3.35. The van der Waals surface area contributed by atoms with Crippen LogP contribution >= 0.6 is 0 Å². The van der Waals surface area contributed by atoms with Gasteiger partial charge in [0.15, 0.2) is 0 Å². The molecule has 0 aliphatic carbocycles. The van der Waals surface area contributed by atoms with Crippen LogP contribution in [0.2, 0.25) is 0 Å². The lowest BCUT2D eigenvalue weighted by atomic mass is 10.1. The zero-order valence-corrected chi connectivity index (χ0v) is 8.04. The Morgan fingerprint density at radius 3 is 2.60 bits per heavy atom. The molecule has 0 fully saturated rings. The van der Waals surface area contributed by atoms with Gasteiger partial charge >= 0.3 is 0 Å². The molecular formula is C12H9N3. The molecule has 0 radical (unpaired) electrons. The number of nitrogens with zero attached hydrogens (tertiary/aromatic N) is 3. The van der Waals surface area contributed by atoms with Gasteiger partial charge in [-0.25, -0.2) is 4.98 Å². The van der Waals surface area contributed by atoms with Crippen molar-refractivity contribution >= 4 is 5.65 Å². The molecule has 0 atom stereocenters. The van der Waals surface area contributed by atoms with Crippen LogP contribution < -0.4 is 0 Å². The third kappa shape index (κ3) is 1.38. The van der Waals surface area contributed by atoms with E-state index in [1.54, 1.807) is 18.6 Å². The third-order valence-corrected chi connectivity index (χ3v) is 2.40. The van der Waals surface area contributed by atoms with E-state index in [1.165, 1.54) is 11.1 Å². The summed E-state index contributed by atoms with van der Waals surface area (Å²) in [5.41, 5.74) is 3.30. The van der Waals surface area contributed by atoms with Gasteiger partial charge in [-0.3, -0.25) is 4.98 Å². The molecule has 0 saturated heterocycles. The van der Waals surface area contributed by atoms with Crippen LogP contribution in [0.4, 0.5) is 0 Å². The van der Waals surface area contributed by atoms with Gasteiger partial charge in [-0.15, -0.1) is 0 Å². The van der Waals surface area contributed by atoms with Gasteiger partial charge in [-0.05, 0) is 35.4 Å². The molecule has 0 unspecified atom stereocenters. The van der Waals surface area contributed by atoms with Gasteiger partial charge in [0.25, 0.3) is 0 Å². The van der Waals surface area contributed by atoms with E-state index in [2.05, 4.69) is 22.2 Å². The summed E-state index contributed by atoms with van der Waals surface area (Å²) in [5, 5.41) is 0. The zero-order chi connectivity index (χ0) is 10.1. The van der Waals surface area contributed by atoms with Crippen molar-refractivity contribution in [2.75, 3.05) is 0 Å². The average Bonchev–Trinajstić information content (AvgIpc) is 2.77. The quantitative estimate of drug-likeness (QED) is 0.596. The van der Waals surface area contributed by atoms with Crippen molar-refractivity contribution < 1.29 is 0 Å². The molecule has 3 aromatic heterocycles. The lowest BCUT2D eigenvalue weighted by Crippen LogP contribution is -1.85. The molecule has 0 spiro atoms. The maximum absolute atomic E-state index is 4.20. The fourth-order valence-corrected chi connectivity index (χ4v) is 1.64. The van der Waals surface area contributed by atoms with E-state index in [0.717, 1.165) is 5.65 Å². The zero-order valence-electron chi connectivity index (χ0n) is 8.04. The van der Waals surface area contributed by atoms with Crippen LogP contribution in [0.25, 0.3) is 16.8 Å². The number of fused-ring (bicyclic) bond motifs is 1. The van der Waals surface area contributed by atoms with Crippen LogP contribution in [0.1, 0.15) is 0 Å². The van der Waals surface area contributed by atoms with Crippen LogP contribution in [-0.2, 0) is 0 Å². The molecule has 3 rings (SSSR count). The Kier molecular flexibility index (Phi) is 1.75. The van der Waals surface area contributed by atoms with Gasteiger partial charge in [0, 0.05) is 31.0 Å². The Morgan fingerprint density at radius 2 is 1.73 bits per heavy atom. The van der Waals surface area contributed by atoms with Crippen LogP contribution in [0.5, 0.6) is 0 Å². The summed E-state index contributed by atoms with van der Waals surface area (Å²) in [6.07, 6.45) is 9.41. The second-order valence-electron chi connectivity index (χ2n) is 3.35. The Labute approximate surface area is 87.0 Å². The molecule has 0 aliphatic heterocycles. The fraction of sp³-hybridized carbons (Fsp3) is 0. The summed E-state index contributed by atoms with van der Waals surface area (Å²) in [5.74, 6) is 0. The lowest BCUT2D eigenvalue weighted by molar-refractivity contribution is 1.19. The average molecular weight is 195 g/mol. The molecule has 0 aliphatic rings. The molecule has 0 aromatic carbocycles. The first-order valence-electron chi connectivity index (χ1n) is 4.76. The predicted molar refractivity (Wildman–Crippen MR) is 58.4 cm³/mol. The van der Waals surface area contributed by atoms with Gasteiger partial charge in [0.2, 0.25) is 0 Å². The lowest BCUT2D eigenvalue weighted by Gasteiger charge is -2.01. The predicted octanol–water partition coefficient (Wildman–Crippen LogP) is 2.40. The molecule has 3 nitrogen and oxygen atoms in total. The van der Waals surface area contributed by atoms with Crippen molar-refractivity contribution in [3.63, 3.8) is 0 Å². The van der Waals surface area contributed by atoms with Crippen molar-refractivity contribution in [2.45, 2.75) is 0 Å². The van der Waals surface area contributed by atoms with Crippen molar-refractivity contribution in [3.05, 3.63) is 55.2 Å². The highest BCUT2D eigenvalue weighted by atomic mass is 15.0. The molecular weight excluding hydrogens is 186 g/mol. The number of pyridine rings is 2. The van der Waals surface area contributed by atoms with Gasteiger partial charge in [0.05, 0.1) is 0 Å². The highest BCUT2D eigenvalue weighted by Crippen LogP contribution is 2.18. The first kappa shape index (κ1) is 8.17. The van der Waals surface area contributed by atoms with Crippen LogP contribution in [0, 0.1) is 0 Å². The highest BCUT2D eigenvalue weighted by Gasteiger charge is 1.98. The number of hydrogen-bond acceptors (Lipinski definition) is 2. The van der Waals surface area contributed by atoms with E-state index in [-0.39, 0.29) is 0 Å². The minimum Gasteiger partial charge on any atom is -0.306 e. The summed E-state index contributed by atoms with van der Waals surface area (Å²) in [6.45, 7) is 0. The standard InChI is InChI=1S/C12H9N3/c1-2-12-14-7-8-15(12)9-11(1)10-3-5-13-6-4-10/h1-9H. The molecule has 3 heteroatoms. The summed E-state index contributed by atoms with van der Waals surface area (Å²) in [7, 11) is 0. The molecule has 15 heavy (non-hydrogen) atoms. The van der Waals surface area contributed by atoms with E-state index >= 15 is 0 Å². The highest BCUT2D eigenvalue weighted by molar-refractivity contribution is 5.63. The monoisotopic (exact) mass is 195 g/mol. The van der Waals surface area contributed by atoms with Crippen molar-refractivity contribution in [1.29, 1.82) is 0 Å². The van der Waals surface area contributed by atoms with Gasteiger partial charge in [-0.1, -0.05) is 0 Å². The van der Waals surface area contributed by atoms with Gasteiger partial charge in [-0.2, -0.15) is 0 Å². The topological polar surface area (TPSA) is 30.2 Å². The van der Waals surface area contributed by atoms with Gasteiger partial charge < -0.3 is 4.40 Å². The SMILES string of the molecule is c1cc(-c2ccc3nccn3c2)ccn1. The largest absolute Gasteiger partial charge is 0.306 e. The second kappa shape index (κ2) is 3.20. The Hall–Kier alpha value is -2.16. The molecule has 0 bridgehead atoms. The van der Waals surface area contributed by atoms with Crippen LogP contribution in [0.3, 0.4) is 0 Å². The first-order chi connectivity index (χ1) is 7.43. The molecule has 3 aromatic rings. The molecule has 0 amide bonds. The van der Waals surface area contributed by atoms with Crippen LogP contribution in [0.15, 0.2) is 55.2 Å². The molecule has 3 heterocycles. The molecule has 0 saturated carbocycles. The minimum atomic E-state index is 0.966. The summed E-state index contributed by atoms with van der Waals surface area (Å²) >= 11 is 0. The van der Waals surface area contributed by atoms with Crippen molar-refractivity contribution in [1.82, 2.24) is 14.4 Å². The third-order valence-electron chi connectivity index (χ3n) is 2.40. The fourth-order valence-electron chi connectivity index (χ4n) is 1.64. The number of imidazole rings is 1. The van der Waals surface area contributed by atoms with Crippen molar-refractivity contribution in [2.24, 2.45) is 0 Å². The Morgan fingerprint density at radius 1 is 0.867 bits per heavy atom. The van der Waals surface area contributed by atoms with E-state index in [4.69, 9.17) is 0 Å². The summed E-state index contributed by atoms with van der Waals surface area (Å²) in [6, 6.07) is 8.07. The molecule has 0 N–H and O–H groups in total. The maximum atomic E-state index is 4.20.